The fourth-order valence-corrected chi connectivity index (χ4v) is 1.62. The van der Waals surface area contributed by atoms with Crippen LogP contribution in [0.1, 0.15) is 18.9 Å². The Bertz CT molecular complexity index is 551. The smallest absolute Gasteiger partial charge is 0.167 e. The molecule has 0 aliphatic heterocycles. The third-order valence-electron chi connectivity index (χ3n) is 2.50. The Morgan fingerprint density at radius 1 is 1.44 bits per heavy atom. The summed E-state index contributed by atoms with van der Waals surface area (Å²) in [7, 11) is 0. The van der Waals surface area contributed by atoms with Crippen LogP contribution in [-0.4, -0.2) is 16.4 Å². The minimum atomic E-state index is -0.450. The van der Waals surface area contributed by atoms with Gasteiger partial charge in [-0.15, -0.1) is 0 Å². The second kappa shape index (κ2) is 5.08. The largest absolute Gasteiger partial charge is 0.490 e. The zero-order valence-electron chi connectivity index (χ0n) is 10.5. The molecule has 4 nitrogen and oxygen atoms in total. The lowest BCUT2D eigenvalue weighted by Gasteiger charge is -2.11. The number of hydrogen-bond acceptors (Lipinski definition) is 3. The third kappa shape index (κ3) is 2.45. The lowest BCUT2D eigenvalue weighted by Crippen LogP contribution is -2.04. The molecule has 18 heavy (non-hydrogen) atoms. The summed E-state index contributed by atoms with van der Waals surface area (Å²) < 4.78 is 20.6. The standard InChI is InChI=1S/C13H16FN3O/c1-3-4-18-13-6-12(11(15)5-10(13)14)17-8-9(2)7-16-17/h5-8H,3-4,15H2,1-2H3. The van der Waals surface area contributed by atoms with Crippen LogP contribution in [0.3, 0.4) is 0 Å². The maximum absolute atomic E-state index is 13.6. The minimum Gasteiger partial charge on any atom is -0.490 e. The Labute approximate surface area is 105 Å². The maximum atomic E-state index is 13.6. The Morgan fingerprint density at radius 2 is 2.22 bits per heavy atom. The molecule has 5 heteroatoms. The minimum absolute atomic E-state index is 0.203. The second-order valence-electron chi connectivity index (χ2n) is 4.15. The number of ether oxygens (including phenoxy) is 1. The van der Waals surface area contributed by atoms with Crippen molar-refractivity contribution in [3.63, 3.8) is 0 Å². The van der Waals surface area contributed by atoms with Crippen LogP contribution < -0.4 is 10.5 Å². The second-order valence-corrected chi connectivity index (χ2v) is 4.15. The SMILES string of the molecule is CCCOc1cc(-n2cc(C)cn2)c(N)cc1F. The fraction of sp³-hybridized carbons (Fsp3) is 0.308. The first-order chi connectivity index (χ1) is 8.61. The first-order valence-electron chi connectivity index (χ1n) is 5.85. The van der Waals surface area contributed by atoms with Gasteiger partial charge in [0.05, 0.1) is 24.2 Å². The van der Waals surface area contributed by atoms with E-state index in [0.717, 1.165) is 12.0 Å². The molecule has 1 aromatic carbocycles. The fourth-order valence-electron chi connectivity index (χ4n) is 1.62. The van der Waals surface area contributed by atoms with Crippen LogP contribution in [0, 0.1) is 12.7 Å². The van der Waals surface area contributed by atoms with Crippen LogP contribution >= 0.6 is 0 Å². The van der Waals surface area contributed by atoms with Crippen molar-refractivity contribution in [2.75, 3.05) is 12.3 Å². The van der Waals surface area contributed by atoms with Gasteiger partial charge < -0.3 is 10.5 Å². The number of anilines is 1. The van der Waals surface area contributed by atoms with Gasteiger partial charge in [-0.05, 0) is 18.9 Å². The molecule has 96 valence electrons. The number of benzene rings is 1. The van der Waals surface area contributed by atoms with Crippen molar-refractivity contribution in [1.29, 1.82) is 0 Å². The predicted octanol–water partition coefficient (Wildman–Crippen LogP) is 2.69. The van der Waals surface area contributed by atoms with E-state index in [-0.39, 0.29) is 5.75 Å². The molecule has 0 saturated heterocycles. The summed E-state index contributed by atoms with van der Waals surface area (Å²) in [5.74, 6) is -0.247. The molecule has 0 unspecified atom stereocenters. The van der Waals surface area contributed by atoms with Crippen LogP contribution in [0.4, 0.5) is 10.1 Å². The molecule has 0 aliphatic rings. The van der Waals surface area contributed by atoms with Gasteiger partial charge >= 0.3 is 0 Å². The Morgan fingerprint density at radius 3 is 2.83 bits per heavy atom. The van der Waals surface area contributed by atoms with Gasteiger partial charge in [0.2, 0.25) is 0 Å². The third-order valence-corrected chi connectivity index (χ3v) is 2.50. The molecule has 0 amide bonds. The van der Waals surface area contributed by atoms with Crippen molar-refractivity contribution < 1.29 is 9.13 Å². The van der Waals surface area contributed by atoms with E-state index in [9.17, 15) is 4.39 Å². The van der Waals surface area contributed by atoms with E-state index in [4.69, 9.17) is 10.5 Å². The van der Waals surface area contributed by atoms with E-state index in [2.05, 4.69) is 5.10 Å². The lowest BCUT2D eigenvalue weighted by molar-refractivity contribution is 0.301. The summed E-state index contributed by atoms with van der Waals surface area (Å²) in [5.41, 5.74) is 7.77. The number of nitrogens with two attached hydrogens (primary N) is 1. The van der Waals surface area contributed by atoms with E-state index in [1.807, 2.05) is 20.0 Å². The van der Waals surface area contributed by atoms with E-state index < -0.39 is 5.82 Å². The summed E-state index contributed by atoms with van der Waals surface area (Å²) >= 11 is 0. The number of aryl methyl sites for hydroxylation is 1. The molecule has 0 bridgehead atoms. The zero-order chi connectivity index (χ0) is 13.1. The molecule has 2 rings (SSSR count). The first kappa shape index (κ1) is 12.4. The van der Waals surface area contributed by atoms with E-state index in [1.165, 1.54) is 6.07 Å². The van der Waals surface area contributed by atoms with Crippen molar-refractivity contribution in [2.45, 2.75) is 20.3 Å². The molecule has 0 radical (unpaired) electrons. The van der Waals surface area contributed by atoms with Crippen LogP contribution in [0.2, 0.25) is 0 Å². The molecule has 2 N–H and O–H groups in total. The van der Waals surface area contributed by atoms with Crippen LogP contribution in [0.15, 0.2) is 24.5 Å². The molecule has 1 heterocycles. The van der Waals surface area contributed by atoms with Gasteiger partial charge in [0, 0.05) is 18.3 Å². The summed E-state index contributed by atoms with van der Waals surface area (Å²) in [6.45, 7) is 4.36. The van der Waals surface area contributed by atoms with Crippen molar-refractivity contribution in [1.82, 2.24) is 9.78 Å². The Balaban J connectivity index is 2.41. The van der Waals surface area contributed by atoms with Gasteiger partial charge in [-0.2, -0.15) is 5.10 Å². The first-order valence-corrected chi connectivity index (χ1v) is 5.85. The van der Waals surface area contributed by atoms with Gasteiger partial charge in [-0.1, -0.05) is 6.92 Å². The van der Waals surface area contributed by atoms with Gasteiger partial charge in [0.25, 0.3) is 0 Å². The highest BCUT2D eigenvalue weighted by molar-refractivity contribution is 5.60. The molecule has 1 aromatic heterocycles. The highest BCUT2D eigenvalue weighted by Crippen LogP contribution is 2.27. The molecule has 2 aromatic rings. The summed E-state index contributed by atoms with van der Waals surface area (Å²) in [5, 5.41) is 4.16. The summed E-state index contributed by atoms with van der Waals surface area (Å²) in [6, 6.07) is 2.84. The van der Waals surface area contributed by atoms with Crippen LogP contribution in [-0.2, 0) is 0 Å². The number of rotatable bonds is 4. The van der Waals surface area contributed by atoms with Crippen molar-refractivity contribution in [2.24, 2.45) is 0 Å². The molecular formula is C13H16FN3O. The van der Waals surface area contributed by atoms with Crippen LogP contribution in [0.25, 0.3) is 5.69 Å². The molecule has 0 fully saturated rings. The Hall–Kier alpha value is -2.04. The van der Waals surface area contributed by atoms with E-state index in [0.29, 0.717) is 18.0 Å². The number of nitrogens with zero attached hydrogens (tertiary/aromatic N) is 2. The quantitative estimate of drug-likeness (QED) is 0.847. The van der Waals surface area contributed by atoms with Gasteiger partial charge in [-0.3, -0.25) is 0 Å². The average molecular weight is 249 g/mol. The van der Waals surface area contributed by atoms with Gasteiger partial charge in [0.15, 0.2) is 11.6 Å². The number of nitrogen functional groups attached to an aromatic ring is 1. The number of aromatic nitrogens is 2. The highest BCUT2D eigenvalue weighted by atomic mass is 19.1. The summed E-state index contributed by atoms with van der Waals surface area (Å²) in [6.07, 6.45) is 4.36. The zero-order valence-corrected chi connectivity index (χ0v) is 10.5. The number of hydrogen-bond donors (Lipinski definition) is 1. The molecule has 0 saturated carbocycles. The summed E-state index contributed by atoms with van der Waals surface area (Å²) in [4.78, 5) is 0. The van der Waals surface area contributed by atoms with Crippen molar-refractivity contribution in [3.8, 4) is 11.4 Å². The van der Waals surface area contributed by atoms with Gasteiger partial charge in [-0.25, -0.2) is 9.07 Å². The molecule has 0 aliphatic carbocycles. The maximum Gasteiger partial charge on any atom is 0.167 e. The topological polar surface area (TPSA) is 53.1 Å². The lowest BCUT2D eigenvalue weighted by atomic mass is 10.2. The predicted molar refractivity (Wildman–Crippen MR) is 68.5 cm³/mol. The average Bonchev–Trinajstić information content (AvgIpc) is 2.74. The van der Waals surface area contributed by atoms with E-state index >= 15 is 0 Å². The monoisotopic (exact) mass is 249 g/mol. The van der Waals surface area contributed by atoms with Crippen molar-refractivity contribution in [3.05, 3.63) is 35.9 Å². The van der Waals surface area contributed by atoms with Gasteiger partial charge in [0.1, 0.15) is 0 Å². The number of halogens is 1. The molecular weight excluding hydrogens is 233 g/mol. The van der Waals surface area contributed by atoms with Crippen molar-refractivity contribution >= 4 is 5.69 Å². The molecule has 0 atom stereocenters. The van der Waals surface area contributed by atoms with Crippen LogP contribution in [0.5, 0.6) is 5.75 Å². The molecule has 0 spiro atoms. The Kier molecular flexibility index (Phi) is 3.50. The van der Waals surface area contributed by atoms with E-state index in [1.54, 1.807) is 16.9 Å². The normalized spacial score (nSPS) is 10.6. The highest BCUT2D eigenvalue weighted by Gasteiger charge is 2.11.